The number of benzene rings is 2. The van der Waals surface area contributed by atoms with E-state index in [-0.39, 0.29) is 5.54 Å². The van der Waals surface area contributed by atoms with E-state index in [1.54, 1.807) is 0 Å². The Morgan fingerprint density at radius 2 is 1.67 bits per heavy atom. The zero-order chi connectivity index (χ0) is 15.5. The Hall–Kier alpha value is -1.80. The van der Waals surface area contributed by atoms with Crippen molar-refractivity contribution in [2.75, 3.05) is 0 Å². The molecule has 2 aromatic carbocycles. The van der Waals surface area contributed by atoms with E-state index in [1.807, 2.05) is 12.1 Å². The van der Waals surface area contributed by atoms with Gasteiger partial charge in [-0.1, -0.05) is 30.3 Å². The highest BCUT2D eigenvalue weighted by Crippen LogP contribution is 2.28. The molecule has 0 spiro atoms. The van der Waals surface area contributed by atoms with Crippen LogP contribution in [0.1, 0.15) is 37.5 Å². The van der Waals surface area contributed by atoms with Crippen LogP contribution in [0.5, 0.6) is 11.5 Å². The molecule has 2 aromatic rings. The molecule has 1 N–H and O–H groups in total. The molecule has 0 aromatic heterocycles. The summed E-state index contributed by atoms with van der Waals surface area (Å²) >= 11 is 0. The van der Waals surface area contributed by atoms with Gasteiger partial charge in [0.2, 0.25) is 0 Å². The minimum atomic E-state index is 0.0896. The first kappa shape index (κ1) is 15.6. The number of nitrogens with one attached hydrogen (secondary N) is 1. The van der Waals surface area contributed by atoms with Crippen molar-refractivity contribution < 1.29 is 4.74 Å². The van der Waals surface area contributed by atoms with Crippen LogP contribution >= 0.6 is 0 Å². The van der Waals surface area contributed by atoms with Gasteiger partial charge in [-0.3, -0.25) is 0 Å². The number of ether oxygens (including phenoxy) is 1. The maximum Gasteiger partial charge on any atom is 0.131 e. The lowest BCUT2D eigenvalue weighted by atomic mass is 10.1. The minimum Gasteiger partial charge on any atom is -0.457 e. The highest BCUT2D eigenvalue weighted by Gasteiger charge is 2.11. The van der Waals surface area contributed by atoms with Crippen LogP contribution in [0, 0.1) is 13.8 Å². The van der Waals surface area contributed by atoms with Crippen LogP contribution in [-0.2, 0) is 6.54 Å². The van der Waals surface area contributed by atoms with E-state index < -0.39 is 0 Å². The highest BCUT2D eigenvalue weighted by molar-refractivity contribution is 5.42. The average molecular weight is 283 g/mol. The second-order valence-electron chi connectivity index (χ2n) is 6.58. The van der Waals surface area contributed by atoms with Gasteiger partial charge in [-0.05, 0) is 57.9 Å². The molecule has 0 saturated carbocycles. The molecule has 0 saturated heterocycles. The monoisotopic (exact) mass is 283 g/mol. The molecule has 21 heavy (non-hydrogen) atoms. The molecule has 2 nitrogen and oxygen atoms in total. The summed E-state index contributed by atoms with van der Waals surface area (Å²) in [5.41, 5.74) is 3.63. The van der Waals surface area contributed by atoms with E-state index in [0.717, 1.165) is 23.6 Å². The fourth-order valence-corrected chi connectivity index (χ4v) is 2.05. The number of hydrogen-bond acceptors (Lipinski definition) is 2. The first-order valence-corrected chi connectivity index (χ1v) is 7.43. The molecule has 2 rings (SSSR count). The molecular weight excluding hydrogens is 258 g/mol. The molecule has 0 unspecified atom stereocenters. The summed E-state index contributed by atoms with van der Waals surface area (Å²) in [6.45, 7) is 11.5. The van der Waals surface area contributed by atoms with Gasteiger partial charge in [0, 0.05) is 17.6 Å². The average Bonchev–Trinajstić information content (AvgIpc) is 2.41. The summed E-state index contributed by atoms with van der Waals surface area (Å²) in [6, 6.07) is 14.5. The molecular formula is C19H25NO. The van der Waals surface area contributed by atoms with Gasteiger partial charge in [0.25, 0.3) is 0 Å². The van der Waals surface area contributed by atoms with Crippen LogP contribution in [0.15, 0.2) is 42.5 Å². The third-order valence-electron chi connectivity index (χ3n) is 3.35. The van der Waals surface area contributed by atoms with Gasteiger partial charge in [0.1, 0.15) is 11.5 Å². The van der Waals surface area contributed by atoms with Crippen molar-refractivity contribution in [1.82, 2.24) is 5.32 Å². The summed E-state index contributed by atoms with van der Waals surface area (Å²) in [7, 11) is 0. The minimum absolute atomic E-state index is 0.0896. The predicted molar refractivity (Wildman–Crippen MR) is 89.0 cm³/mol. The third-order valence-corrected chi connectivity index (χ3v) is 3.35. The number of rotatable bonds is 4. The summed E-state index contributed by atoms with van der Waals surface area (Å²) in [4.78, 5) is 0. The summed E-state index contributed by atoms with van der Waals surface area (Å²) in [6.07, 6.45) is 0. The Morgan fingerprint density at radius 1 is 0.952 bits per heavy atom. The summed E-state index contributed by atoms with van der Waals surface area (Å²) < 4.78 is 6.15. The largest absolute Gasteiger partial charge is 0.457 e. The lowest BCUT2D eigenvalue weighted by Crippen LogP contribution is -2.35. The molecule has 0 atom stereocenters. The standard InChI is InChI=1S/C19H25NO/c1-14-10-11-15(2)18(12-14)21-17-9-7-6-8-16(17)13-20-19(3,4)5/h6-12,20H,13H2,1-5H3. The highest BCUT2D eigenvalue weighted by atomic mass is 16.5. The van der Waals surface area contributed by atoms with E-state index in [4.69, 9.17) is 4.74 Å². The van der Waals surface area contributed by atoms with Crippen LogP contribution in [-0.4, -0.2) is 5.54 Å². The quantitative estimate of drug-likeness (QED) is 0.854. The van der Waals surface area contributed by atoms with Gasteiger partial charge < -0.3 is 10.1 Å². The van der Waals surface area contributed by atoms with E-state index in [0.29, 0.717) is 0 Å². The van der Waals surface area contributed by atoms with Crippen molar-refractivity contribution in [2.45, 2.75) is 46.7 Å². The Labute approximate surface area is 128 Å². The third kappa shape index (κ3) is 4.61. The van der Waals surface area contributed by atoms with Gasteiger partial charge in [-0.15, -0.1) is 0 Å². The topological polar surface area (TPSA) is 21.3 Å². The van der Waals surface area contributed by atoms with Crippen molar-refractivity contribution >= 4 is 0 Å². The first-order chi connectivity index (χ1) is 9.85. The Bertz CT molecular complexity index is 611. The first-order valence-electron chi connectivity index (χ1n) is 7.43. The maximum absolute atomic E-state index is 6.15. The van der Waals surface area contributed by atoms with Gasteiger partial charge in [-0.2, -0.15) is 0 Å². The zero-order valence-corrected chi connectivity index (χ0v) is 13.7. The van der Waals surface area contributed by atoms with Gasteiger partial charge in [-0.25, -0.2) is 0 Å². The molecule has 0 aliphatic heterocycles. The SMILES string of the molecule is Cc1ccc(C)c(Oc2ccccc2CNC(C)(C)C)c1. The molecule has 0 heterocycles. The van der Waals surface area contributed by atoms with Crippen LogP contribution in [0.3, 0.4) is 0 Å². The molecule has 2 heteroatoms. The van der Waals surface area contributed by atoms with Crippen molar-refractivity contribution in [2.24, 2.45) is 0 Å². The van der Waals surface area contributed by atoms with Crippen LogP contribution in [0.2, 0.25) is 0 Å². The predicted octanol–water partition coefficient (Wildman–Crippen LogP) is 4.98. The second-order valence-corrected chi connectivity index (χ2v) is 6.58. The zero-order valence-electron chi connectivity index (χ0n) is 13.7. The normalized spacial score (nSPS) is 11.5. The van der Waals surface area contributed by atoms with Crippen molar-refractivity contribution in [3.63, 3.8) is 0 Å². The van der Waals surface area contributed by atoms with Gasteiger partial charge in [0.15, 0.2) is 0 Å². The molecule has 0 amide bonds. The van der Waals surface area contributed by atoms with E-state index in [9.17, 15) is 0 Å². The molecule has 0 fully saturated rings. The molecule has 0 aliphatic carbocycles. The molecule has 0 aliphatic rings. The molecule has 0 radical (unpaired) electrons. The maximum atomic E-state index is 6.15. The number of para-hydroxylation sites is 1. The summed E-state index contributed by atoms with van der Waals surface area (Å²) in [5.74, 6) is 1.85. The number of hydrogen-bond donors (Lipinski definition) is 1. The van der Waals surface area contributed by atoms with Crippen LogP contribution < -0.4 is 10.1 Å². The fraction of sp³-hybridized carbons (Fsp3) is 0.368. The van der Waals surface area contributed by atoms with Gasteiger partial charge in [0.05, 0.1) is 0 Å². The van der Waals surface area contributed by atoms with E-state index in [1.165, 1.54) is 11.1 Å². The summed E-state index contributed by atoms with van der Waals surface area (Å²) in [5, 5.41) is 3.51. The van der Waals surface area contributed by atoms with Gasteiger partial charge >= 0.3 is 0 Å². The molecule has 0 bridgehead atoms. The molecule has 112 valence electrons. The van der Waals surface area contributed by atoms with Crippen LogP contribution in [0.25, 0.3) is 0 Å². The lowest BCUT2D eigenvalue weighted by Gasteiger charge is -2.22. The smallest absolute Gasteiger partial charge is 0.131 e. The van der Waals surface area contributed by atoms with Crippen molar-refractivity contribution in [1.29, 1.82) is 0 Å². The van der Waals surface area contributed by atoms with E-state index >= 15 is 0 Å². The van der Waals surface area contributed by atoms with E-state index in [2.05, 4.69) is 70.3 Å². The van der Waals surface area contributed by atoms with Crippen molar-refractivity contribution in [3.8, 4) is 11.5 Å². The second kappa shape index (κ2) is 6.31. The Morgan fingerprint density at radius 3 is 2.38 bits per heavy atom. The Kier molecular flexibility index (Phi) is 4.69. The Balaban J connectivity index is 2.22. The van der Waals surface area contributed by atoms with Crippen LogP contribution in [0.4, 0.5) is 0 Å². The number of aryl methyl sites for hydroxylation is 2. The fourth-order valence-electron chi connectivity index (χ4n) is 2.05. The lowest BCUT2D eigenvalue weighted by molar-refractivity contribution is 0.414. The van der Waals surface area contributed by atoms with Crippen molar-refractivity contribution in [3.05, 3.63) is 59.2 Å².